The summed E-state index contributed by atoms with van der Waals surface area (Å²) in [6, 6.07) is 87.8. The molecule has 0 saturated heterocycles. The Labute approximate surface area is 394 Å². The molecule has 0 bridgehead atoms. The highest BCUT2D eigenvalue weighted by Gasteiger charge is 2.49. The van der Waals surface area contributed by atoms with E-state index in [1.807, 2.05) is 18.2 Å². The van der Waals surface area contributed by atoms with Crippen LogP contribution in [0.4, 0.5) is 0 Å². The van der Waals surface area contributed by atoms with Crippen molar-refractivity contribution < 1.29 is 4.42 Å². The Morgan fingerprint density at radius 2 is 0.735 bits per heavy atom. The minimum atomic E-state index is -0.622. The second kappa shape index (κ2) is 15.1. The van der Waals surface area contributed by atoms with Crippen LogP contribution >= 0.6 is 0 Å². The van der Waals surface area contributed by atoms with Gasteiger partial charge in [-0.3, -0.25) is 0 Å². The van der Waals surface area contributed by atoms with E-state index in [1.165, 1.54) is 55.6 Å². The van der Waals surface area contributed by atoms with Crippen LogP contribution in [-0.4, -0.2) is 9.97 Å². The highest BCUT2D eigenvalue weighted by molar-refractivity contribution is 6.12. The maximum Gasteiger partial charge on any atom is 0.161 e. The second-order valence-corrected chi connectivity index (χ2v) is 18.0. The Bertz CT molecular complexity index is 3870. The van der Waals surface area contributed by atoms with Gasteiger partial charge in [0, 0.05) is 27.5 Å². The van der Waals surface area contributed by atoms with Gasteiger partial charge >= 0.3 is 0 Å². The van der Waals surface area contributed by atoms with Gasteiger partial charge in [0.05, 0.1) is 16.8 Å². The smallest absolute Gasteiger partial charge is 0.161 e. The van der Waals surface area contributed by atoms with Crippen molar-refractivity contribution in [2.24, 2.45) is 0 Å². The van der Waals surface area contributed by atoms with Crippen molar-refractivity contribution >= 4 is 21.9 Å². The van der Waals surface area contributed by atoms with E-state index < -0.39 is 5.41 Å². The molecule has 3 nitrogen and oxygen atoms in total. The molecule has 12 aromatic rings. The average Bonchev–Trinajstić information content (AvgIpc) is 3.92. The fourth-order valence-corrected chi connectivity index (χ4v) is 11.4. The van der Waals surface area contributed by atoms with Crippen molar-refractivity contribution in [2.75, 3.05) is 0 Å². The maximum absolute atomic E-state index is 6.46. The summed E-state index contributed by atoms with van der Waals surface area (Å²) in [7, 11) is 0. The molecule has 0 fully saturated rings. The van der Waals surface area contributed by atoms with Crippen LogP contribution in [0.1, 0.15) is 22.3 Å². The summed E-state index contributed by atoms with van der Waals surface area (Å²) in [5, 5.41) is 2.04. The maximum atomic E-state index is 6.46. The second-order valence-electron chi connectivity index (χ2n) is 18.0. The molecule has 0 atom stereocenters. The third-order valence-corrected chi connectivity index (χ3v) is 14.3. The Balaban J connectivity index is 1.08. The molecule has 14 rings (SSSR count). The van der Waals surface area contributed by atoms with Gasteiger partial charge in [-0.25, -0.2) is 9.97 Å². The van der Waals surface area contributed by atoms with Crippen molar-refractivity contribution in [3.05, 3.63) is 265 Å². The molecule has 68 heavy (non-hydrogen) atoms. The Hall–Kier alpha value is -8.92. The molecule has 2 aliphatic rings. The molecule has 2 aromatic heterocycles. The van der Waals surface area contributed by atoms with Gasteiger partial charge in [0.2, 0.25) is 0 Å². The lowest BCUT2D eigenvalue weighted by Gasteiger charge is -2.35. The Morgan fingerprint density at radius 1 is 0.279 bits per heavy atom. The Kier molecular flexibility index (Phi) is 8.50. The van der Waals surface area contributed by atoms with Gasteiger partial charge in [-0.15, -0.1) is 0 Å². The first-order valence-electron chi connectivity index (χ1n) is 23.3. The van der Waals surface area contributed by atoms with Crippen LogP contribution in [-0.2, 0) is 5.41 Å². The summed E-state index contributed by atoms with van der Waals surface area (Å²) >= 11 is 0. The zero-order chi connectivity index (χ0) is 44.8. The molecule has 2 heterocycles. The predicted octanol–water partition coefficient (Wildman–Crippen LogP) is 16.7. The number of fused-ring (bicyclic) bond motifs is 15. The van der Waals surface area contributed by atoms with E-state index in [9.17, 15) is 0 Å². The number of para-hydroxylation sites is 1. The van der Waals surface area contributed by atoms with E-state index in [-0.39, 0.29) is 0 Å². The van der Waals surface area contributed by atoms with E-state index in [0.717, 1.165) is 72.3 Å². The molecular formula is C65H40N2O. The average molecular weight is 865 g/mol. The summed E-state index contributed by atoms with van der Waals surface area (Å²) in [5.74, 6) is 0.637. The minimum absolute atomic E-state index is 0.622. The molecule has 0 unspecified atom stereocenters. The predicted molar refractivity (Wildman–Crippen MR) is 278 cm³/mol. The van der Waals surface area contributed by atoms with Crippen LogP contribution in [0.2, 0.25) is 0 Å². The topological polar surface area (TPSA) is 38.9 Å². The van der Waals surface area contributed by atoms with E-state index >= 15 is 0 Å². The Morgan fingerprint density at radius 3 is 1.35 bits per heavy atom. The van der Waals surface area contributed by atoms with Crippen LogP contribution in [0.25, 0.3) is 111 Å². The van der Waals surface area contributed by atoms with E-state index in [4.69, 9.17) is 14.4 Å². The highest BCUT2D eigenvalue weighted by atomic mass is 16.3. The van der Waals surface area contributed by atoms with Crippen LogP contribution in [0.15, 0.2) is 247 Å². The van der Waals surface area contributed by atoms with Crippen molar-refractivity contribution in [1.82, 2.24) is 9.97 Å². The van der Waals surface area contributed by atoms with Crippen LogP contribution in [0.5, 0.6) is 0 Å². The van der Waals surface area contributed by atoms with Crippen molar-refractivity contribution in [2.45, 2.75) is 5.41 Å². The lowest BCUT2D eigenvalue weighted by Crippen LogP contribution is -2.29. The quantitative estimate of drug-likeness (QED) is 0.173. The van der Waals surface area contributed by atoms with Crippen molar-refractivity contribution in [1.29, 1.82) is 0 Å². The lowest BCUT2D eigenvalue weighted by molar-refractivity contribution is 0.669. The van der Waals surface area contributed by atoms with Crippen molar-refractivity contribution in [3.63, 3.8) is 0 Å². The normalized spacial score (nSPS) is 12.8. The largest absolute Gasteiger partial charge is 0.456 e. The first kappa shape index (κ1) is 38.4. The summed E-state index contributed by atoms with van der Waals surface area (Å²) in [5.41, 5.74) is 22.7. The molecule has 0 aliphatic heterocycles. The number of hydrogen-bond donors (Lipinski definition) is 0. The number of rotatable bonds is 5. The zero-order valence-electron chi connectivity index (χ0n) is 36.9. The highest BCUT2D eigenvalue weighted by Crippen LogP contribution is 2.61. The molecule has 10 aromatic carbocycles. The zero-order valence-corrected chi connectivity index (χ0v) is 36.9. The summed E-state index contributed by atoms with van der Waals surface area (Å²) in [4.78, 5) is 11.2. The summed E-state index contributed by atoms with van der Waals surface area (Å²) < 4.78 is 6.46. The van der Waals surface area contributed by atoms with Gasteiger partial charge in [0.25, 0.3) is 0 Å². The lowest BCUT2D eigenvalue weighted by atomic mass is 9.65. The summed E-state index contributed by atoms with van der Waals surface area (Å²) in [6.07, 6.45) is 0. The van der Waals surface area contributed by atoms with Crippen LogP contribution < -0.4 is 0 Å². The van der Waals surface area contributed by atoms with Crippen LogP contribution in [0.3, 0.4) is 0 Å². The number of nitrogens with zero attached hydrogens (tertiary/aromatic N) is 2. The first-order valence-corrected chi connectivity index (χ1v) is 23.3. The van der Waals surface area contributed by atoms with E-state index in [1.54, 1.807) is 0 Å². The van der Waals surface area contributed by atoms with Gasteiger partial charge < -0.3 is 4.42 Å². The molecule has 0 amide bonds. The molecular weight excluding hydrogens is 825 g/mol. The number of benzene rings is 10. The SMILES string of the molecule is c1ccc(-c2cc(-c3ccccc3)cc(-c3cc(-c4ccc5c(c4)C4(c6ccccc6-c6ccccc6-5)c5ccccc5-c5ccccc54)nc(-c4cccc5oc6ccccc6c45)n3)c2)cc1. The standard InChI is InChI=1S/C65H40N2O/c1-3-18-41(19-4-1)44-36-45(42-20-5-2-6-21-42)38-46(37-44)60-40-59(66-64(67-60)54-28-17-33-62-63(54)53-27-12-16-32-61(53)68-62)43-34-35-52-48-23-8-7-22-47(48)49-24-9-13-29-55(49)65(58(52)39-43)56-30-14-10-25-50(56)51-26-11-15-31-57(51)65/h1-40H. The third kappa shape index (κ3) is 5.72. The molecule has 0 N–H and O–H groups in total. The molecule has 0 radical (unpaired) electrons. The molecule has 2 aliphatic carbocycles. The van der Waals surface area contributed by atoms with Gasteiger partial charge in [0.1, 0.15) is 11.2 Å². The first-order chi connectivity index (χ1) is 33.7. The van der Waals surface area contributed by atoms with Gasteiger partial charge in [-0.05, 0) is 120 Å². The minimum Gasteiger partial charge on any atom is -0.456 e. The van der Waals surface area contributed by atoms with Gasteiger partial charge in [-0.1, -0.05) is 200 Å². The number of hydrogen-bond acceptors (Lipinski definition) is 3. The van der Waals surface area contributed by atoms with E-state index in [0.29, 0.717) is 5.82 Å². The molecule has 1 spiro atoms. The van der Waals surface area contributed by atoms with Gasteiger partial charge in [-0.2, -0.15) is 0 Å². The third-order valence-electron chi connectivity index (χ3n) is 14.3. The number of furan rings is 1. The van der Waals surface area contributed by atoms with Crippen molar-refractivity contribution in [3.8, 4) is 89.5 Å². The summed E-state index contributed by atoms with van der Waals surface area (Å²) in [6.45, 7) is 0. The fraction of sp³-hybridized carbons (Fsp3) is 0.0154. The monoisotopic (exact) mass is 864 g/mol. The van der Waals surface area contributed by atoms with E-state index in [2.05, 4.69) is 224 Å². The molecule has 3 heteroatoms. The molecule has 316 valence electrons. The fourth-order valence-electron chi connectivity index (χ4n) is 11.4. The van der Waals surface area contributed by atoms with Gasteiger partial charge in [0.15, 0.2) is 5.82 Å². The number of aromatic nitrogens is 2. The van der Waals surface area contributed by atoms with Crippen LogP contribution in [0, 0.1) is 0 Å². The molecule has 0 saturated carbocycles.